The van der Waals surface area contributed by atoms with E-state index in [-0.39, 0.29) is 23.8 Å². The molecule has 198 valence electrons. The maximum Gasteiger partial charge on any atom is 0.295 e. The lowest BCUT2D eigenvalue weighted by Gasteiger charge is -2.26. The number of ketones is 1. The van der Waals surface area contributed by atoms with Crippen LogP contribution in [-0.4, -0.2) is 35.9 Å². The third-order valence-electron chi connectivity index (χ3n) is 7.10. The van der Waals surface area contributed by atoms with Crippen molar-refractivity contribution in [1.29, 1.82) is 0 Å². The van der Waals surface area contributed by atoms with E-state index >= 15 is 0 Å². The van der Waals surface area contributed by atoms with Gasteiger partial charge in [0, 0.05) is 12.1 Å². The molecule has 3 aromatic rings. The van der Waals surface area contributed by atoms with E-state index in [9.17, 15) is 14.7 Å². The molecule has 0 radical (unpaired) electrons. The van der Waals surface area contributed by atoms with E-state index < -0.39 is 17.7 Å². The summed E-state index contributed by atoms with van der Waals surface area (Å²) in [6, 6.07) is 19.9. The van der Waals surface area contributed by atoms with Crippen LogP contribution in [0.5, 0.6) is 11.5 Å². The highest BCUT2D eigenvalue weighted by molar-refractivity contribution is 6.46. The minimum atomic E-state index is -0.733. The summed E-state index contributed by atoms with van der Waals surface area (Å²) >= 11 is 0. The third kappa shape index (κ3) is 5.17. The van der Waals surface area contributed by atoms with E-state index in [2.05, 4.69) is 13.8 Å². The van der Waals surface area contributed by atoms with Crippen molar-refractivity contribution < 1.29 is 24.2 Å². The fourth-order valence-corrected chi connectivity index (χ4v) is 4.87. The molecule has 0 aromatic heterocycles. The second kappa shape index (κ2) is 11.1. The Kier molecular flexibility index (Phi) is 7.91. The van der Waals surface area contributed by atoms with Gasteiger partial charge >= 0.3 is 0 Å². The van der Waals surface area contributed by atoms with Crippen molar-refractivity contribution in [3.05, 3.63) is 100 Å². The molecule has 4 rings (SSSR count). The topological polar surface area (TPSA) is 76.1 Å². The Hall–Kier alpha value is -4.06. The molecule has 1 amide bonds. The number of hydrogen-bond acceptors (Lipinski definition) is 5. The fraction of sp³-hybridized carbons (Fsp3) is 0.312. The predicted molar refractivity (Wildman–Crippen MR) is 148 cm³/mol. The lowest BCUT2D eigenvalue weighted by molar-refractivity contribution is -0.140. The number of methoxy groups -OCH3 is 2. The monoisotopic (exact) mass is 513 g/mol. The molecule has 1 atom stereocenters. The number of Topliss-reactive ketones (excluding diaryl/α,β-unsaturated/α-hetero) is 1. The smallest absolute Gasteiger partial charge is 0.295 e. The summed E-state index contributed by atoms with van der Waals surface area (Å²) in [5.74, 6) is 0.351. The normalized spacial score (nSPS) is 16.9. The molecule has 1 aliphatic rings. The Morgan fingerprint density at radius 3 is 2.08 bits per heavy atom. The molecule has 1 fully saturated rings. The number of likely N-dealkylation sites (tertiary alicyclic amines) is 1. The van der Waals surface area contributed by atoms with Crippen molar-refractivity contribution in [2.45, 2.75) is 52.1 Å². The Morgan fingerprint density at radius 2 is 1.53 bits per heavy atom. The average Bonchev–Trinajstić information content (AvgIpc) is 3.17. The summed E-state index contributed by atoms with van der Waals surface area (Å²) in [5, 5.41) is 11.5. The molecule has 6 heteroatoms. The molecule has 1 heterocycles. The molecule has 1 saturated heterocycles. The molecule has 0 aliphatic carbocycles. The Bertz CT molecular complexity index is 1350. The van der Waals surface area contributed by atoms with Crippen LogP contribution in [0.15, 0.2) is 72.3 Å². The average molecular weight is 514 g/mol. The van der Waals surface area contributed by atoms with Gasteiger partial charge in [-0.1, -0.05) is 64.1 Å². The number of carbonyl (C=O) groups is 2. The summed E-state index contributed by atoms with van der Waals surface area (Å²) in [6.07, 6.45) is 0. The highest BCUT2D eigenvalue weighted by atomic mass is 16.5. The van der Waals surface area contributed by atoms with Crippen LogP contribution in [-0.2, 0) is 16.1 Å². The number of aliphatic hydroxyl groups is 1. The van der Waals surface area contributed by atoms with Crippen molar-refractivity contribution in [2.75, 3.05) is 14.2 Å². The van der Waals surface area contributed by atoms with Crippen LogP contribution in [0.4, 0.5) is 0 Å². The number of hydrogen-bond donors (Lipinski definition) is 1. The van der Waals surface area contributed by atoms with E-state index in [0.29, 0.717) is 23.0 Å². The van der Waals surface area contributed by atoms with E-state index in [1.165, 1.54) is 4.90 Å². The van der Waals surface area contributed by atoms with Gasteiger partial charge in [-0.15, -0.1) is 0 Å². The fourth-order valence-electron chi connectivity index (χ4n) is 4.87. The van der Waals surface area contributed by atoms with Gasteiger partial charge in [0.05, 0.1) is 25.8 Å². The first-order valence-electron chi connectivity index (χ1n) is 12.9. The van der Waals surface area contributed by atoms with E-state index in [1.807, 2.05) is 68.4 Å². The largest absolute Gasteiger partial charge is 0.507 e. The zero-order valence-electron chi connectivity index (χ0n) is 22.8. The zero-order valence-corrected chi connectivity index (χ0v) is 22.8. The SMILES string of the molecule is COc1ccc(CN2C(=O)C(=O)/C(=C(\O)c3ccc(OC)c(C(C)C)c3)C2c2ccc(C(C)C)cc2)cc1. The van der Waals surface area contributed by atoms with Crippen LogP contribution in [0.1, 0.15) is 73.4 Å². The first kappa shape index (κ1) is 27.0. The Morgan fingerprint density at radius 1 is 0.868 bits per heavy atom. The van der Waals surface area contributed by atoms with Gasteiger partial charge in [-0.05, 0) is 64.4 Å². The summed E-state index contributed by atoms with van der Waals surface area (Å²) < 4.78 is 10.7. The molecular weight excluding hydrogens is 478 g/mol. The van der Waals surface area contributed by atoms with Crippen molar-refractivity contribution in [3.8, 4) is 11.5 Å². The summed E-state index contributed by atoms with van der Waals surface area (Å²) in [7, 11) is 3.20. The van der Waals surface area contributed by atoms with Crippen LogP contribution in [0, 0.1) is 0 Å². The maximum atomic E-state index is 13.5. The Balaban J connectivity index is 1.85. The second-order valence-electron chi connectivity index (χ2n) is 10.2. The number of amides is 1. The second-order valence-corrected chi connectivity index (χ2v) is 10.2. The van der Waals surface area contributed by atoms with Crippen molar-refractivity contribution in [1.82, 2.24) is 4.90 Å². The summed E-state index contributed by atoms with van der Waals surface area (Å²) in [6.45, 7) is 8.50. The van der Waals surface area contributed by atoms with Crippen LogP contribution in [0.25, 0.3) is 5.76 Å². The number of rotatable bonds is 8. The minimum absolute atomic E-state index is 0.0840. The lowest BCUT2D eigenvalue weighted by Crippen LogP contribution is -2.29. The highest BCUT2D eigenvalue weighted by Gasteiger charge is 2.46. The maximum absolute atomic E-state index is 13.5. The van der Waals surface area contributed by atoms with E-state index in [4.69, 9.17) is 9.47 Å². The first-order valence-corrected chi connectivity index (χ1v) is 12.9. The van der Waals surface area contributed by atoms with Crippen LogP contribution in [0.2, 0.25) is 0 Å². The molecule has 6 nitrogen and oxygen atoms in total. The molecule has 1 unspecified atom stereocenters. The van der Waals surface area contributed by atoms with Gasteiger partial charge in [0.1, 0.15) is 17.3 Å². The van der Waals surface area contributed by atoms with Gasteiger partial charge in [0.2, 0.25) is 0 Å². The zero-order chi connectivity index (χ0) is 27.6. The van der Waals surface area contributed by atoms with Gasteiger partial charge < -0.3 is 19.5 Å². The standard InChI is InChI=1S/C32H35NO5/c1-19(2)22-9-11-23(12-10-22)29-28(30(34)24-13-16-27(38-6)26(17-24)20(3)4)31(35)32(36)33(29)18-21-7-14-25(37-5)15-8-21/h7-17,19-20,29,34H,18H2,1-6H3/b30-28-. The number of aliphatic hydroxyl groups excluding tert-OH is 1. The first-order chi connectivity index (χ1) is 18.2. The number of carbonyl (C=O) groups excluding carboxylic acids is 2. The van der Waals surface area contributed by atoms with Crippen LogP contribution >= 0.6 is 0 Å². The van der Waals surface area contributed by atoms with Gasteiger partial charge in [-0.25, -0.2) is 0 Å². The molecule has 0 bridgehead atoms. The molecule has 1 aliphatic heterocycles. The molecule has 1 N–H and O–H groups in total. The number of ether oxygens (including phenoxy) is 2. The van der Waals surface area contributed by atoms with E-state index in [1.54, 1.807) is 26.4 Å². The van der Waals surface area contributed by atoms with Crippen molar-refractivity contribution in [3.63, 3.8) is 0 Å². The third-order valence-corrected chi connectivity index (χ3v) is 7.10. The molecule has 0 saturated carbocycles. The minimum Gasteiger partial charge on any atom is -0.507 e. The van der Waals surface area contributed by atoms with Gasteiger partial charge in [-0.3, -0.25) is 9.59 Å². The predicted octanol–water partition coefficient (Wildman–Crippen LogP) is 6.57. The lowest BCUT2D eigenvalue weighted by atomic mass is 9.92. The van der Waals surface area contributed by atoms with Gasteiger partial charge in [0.25, 0.3) is 11.7 Å². The number of benzene rings is 3. The molecule has 3 aromatic carbocycles. The van der Waals surface area contributed by atoms with E-state index in [0.717, 1.165) is 22.3 Å². The molecule has 38 heavy (non-hydrogen) atoms. The van der Waals surface area contributed by atoms with Crippen molar-refractivity contribution >= 4 is 17.4 Å². The van der Waals surface area contributed by atoms with Crippen LogP contribution < -0.4 is 9.47 Å². The van der Waals surface area contributed by atoms with Gasteiger partial charge in [-0.2, -0.15) is 0 Å². The Labute approximate surface area is 224 Å². The highest BCUT2D eigenvalue weighted by Crippen LogP contribution is 2.41. The molecule has 0 spiro atoms. The quantitative estimate of drug-likeness (QED) is 0.209. The van der Waals surface area contributed by atoms with Crippen molar-refractivity contribution in [2.24, 2.45) is 0 Å². The van der Waals surface area contributed by atoms with Gasteiger partial charge in [0.15, 0.2) is 0 Å². The molecular formula is C32H35NO5. The van der Waals surface area contributed by atoms with Crippen LogP contribution in [0.3, 0.4) is 0 Å². The number of nitrogens with zero attached hydrogens (tertiary/aromatic N) is 1. The summed E-state index contributed by atoms with van der Waals surface area (Å²) in [4.78, 5) is 28.4. The summed E-state index contributed by atoms with van der Waals surface area (Å²) in [5.41, 5.74) is 4.23.